The van der Waals surface area contributed by atoms with Crippen molar-refractivity contribution in [2.24, 2.45) is 0 Å². The van der Waals surface area contributed by atoms with E-state index >= 15 is 0 Å². The molecular weight excluding hydrogens is 450 g/mol. The maximum absolute atomic E-state index is 11.3. The molecule has 6 nitrogen and oxygen atoms in total. The fraction of sp³-hybridized carbons (Fsp3) is 0.333. The maximum Gasteiger partial charge on any atom is 0.339 e. The van der Waals surface area contributed by atoms with Gasteiger partial charge in [0.2, 0.25) is 0 Å². The molecule has 1 aliphatic rings. The lowest BCUT2D eigenvalue weighted by Gasteiger charge is -2.22. The molecule has 0 bridgehead atoms. The Morgan fingerprint density at radius 1 is 0.971 bits per heavy atom. The fourth-order valence-electron chi connectivity index (χ4n) is 4.32. The van der Waals surface area contributed by atoms with Crippen molar-refractivity contribution in [3.8, 4) is 17.0 Å². The third-order valence-electron chi connectivity index (χ3n) is 6.08. The number of halogens is 1. The fourth-order valence-corrected chi connectivity index (χ4v) is 4.45. The molecule has 0 spiro atoms. The second kappa shape index (κ2) is 12.0. The normalized spacial score (nSPS) is 15.1. The van der Waals surface area contributed by atoms with E-state index in [2.05, 4.69) is 20.9 Å². The van der Waals surface area contributed by atoms with Crippen LogP contribution in [0.5, 0.6) is 5.75 Å². The first-order chi connectivity index (χ1) is 16.6. The molecule has 0 unspecified atom stereocenters. The number of hydrogen-bond acceptors (Lipinski definition) is 5. The summed E-state index contributed by atoms with van der Waals surface area (Å²) in [6, 6.07) is 18.8. The van der Waals surface area contributed by atoms with E-state index < -0.39 is 5.97 Å². The zero-order chi connectivity index (χ0) is 23.8. The number of aromatic carboxylic acids is 1. The zero-order valence-corrected chi connectivity index (χ0v) is 20.0. The van der Waals surface area contributed by atoms with E-state index in [9.17, 15) is 9.90 Å². The molecule has 4 rings (SSSR count). The molecule has 0 aliphatic carbocycles. The summed E-state index contributed by atoms with van der Waals surface area (Å²) in [6.45, 7) is 6.42. The van der Waals surface area contributed by atoms with Gasteiger partial charge >= 0.3 is 5.97 Å². The molecular formula is C27H30ClN3O3. The summed E-state index contributed by atoms with van der Waals surface area (Å²) in [5.41, 5.74) is 3.53. The average Bonchev–Trinajstić information content (AvgIpc) is 3.08. The molecule has 2 heterocycles. The quantitative estimate of drug-likeness (QED) is 0.432. The Hall–Kier alpha value is -2.93. The number of nitrogens with zero attached hydrogens (tertiary/aromatic N) is 3. The van der Waals surface area contributed by atoms with Crippen molar-refractivity contribution in [1.82, 2.24) is 14.8 Å². The van der Waals surface area contributed by atoms with Crippen LogP contribution in [0.15, 0.2) is 66.9 Å². The lowest BCUT2D eigenvalue weighted by Crippen LogP contribution is -2.31. The molecule has 2 aromatic carbocycles. The van der Waals surface area contributed by atoms with Crippen molar-refractivity contribution in [2.45, 2.75) is 19.4 Å². The number of benzene rings is 2. The van der Waals surface area contributed by atoms with Crippen LogP contribution in [0.3, 0.4) is 0 Å². The third kappa shape index (κ3) is 6.56. The maximum atomic E-state index is 11.3. The van der Waals surface area contributed by atoms with Gasteiger partial charge in [0.25, 0.3) is 0 Å². The van der Waals surface area contributed by atoms with Crippen molar-refractivity contribution in [3.63, 3.8) is 0 Å². The summed E-state index contributed by atoms with van der Waals surface area (Å²) in [6.07, 6.45) is 3.81. The Morgan fingerprint density at radius 3 is 2.56 bits per heavy atom. The SMILES string of the molecule is O=C(O)c1ccccc1OCCCN1CCCN(Cc2cccnc2-c2ccc(Cl)cc2)CC1. The van der Waals surface area contributed by atoms with E-state index in [4.69, 9.17) is 16.3 Å². The predicted octanol–water partition coefficient (Wildman–Crippen LogP) is 5.08. The van der Waals surface area contributed by atoms with Gasteiger partial charge in [-0.15, -0.1) is 0 Å². The number of aromatic nitrogens is 1. The molecule has 3 aromatic rings. The average molecular weight is 480 g/mol. The first-order valence-electron chi connectivity index (χ1n) is 11.7. The summed E-state index contributed by atoms with van der Waals surface area (Å²) in [5, 5.41) is 10.0. The molecule has 0 amide bonds. The molecule has 1 N–H and O–H groups in total. The van der Waals surface area contributed by atoms with Gasteiger partial charge in [-0.2, -0.15) is 0 Å². The smallest absolute Gasteiger partial charge is 0.339 e. The first-order valence-corrected chi connectivity index (χ1v) is 12.1. The number of hydrogen-bond donors (Lipinski definition) is 1. The van der Waals surface area contributed by atoms with Crippen LogP contribution in [0, 0.1) is 0 Å². The zero-order valence-electron chi connectivity index (χ0n) is 19.2. The van der Waals surface area contributed by atoms with Gasteiger partial charge in [0.05, 0.1) is 12.3 Å². The minimum absolute atomic E-state index is 0.210. The van der Waals surface area contributed by atoms with Crippen LogP contribution in [0.4, 0.5) is 0 Å². The van der Waals surface area contributed by atoms with Crippen molar-refractivity contribution in [1.29, 1.82) is 0 Å². The molecule has 1 fully saturated rings. The minimum atomic E-state index is -0.962. The van der Waals surface area contributed by atoms with Crippen LogP contribution in [0.1, 0.15) is 28.8 Å². The summed E-state index contributed by atoms with van der Waals surface area (Å²) in [7, 11) is 0. The molecule has 0 saturated carbocycles. The van der Waals surface area contributed by atoms with Gasteiger partial charge in [0, 0.05) is 43.0 Å². The van der Waals surface area contributed by atoms with Crippen molar-refractivity contribution >= 4 is 17.6 Å². The van der Waals surface area contributed by atoms with Gasteiger partial charge in [-0.3, -0.25) is 9.88 Å². The lowest BCUT2D eigenvalue weighted by molar-refractivity contribution is 0.0692. The number of ether oxygens (including phenoxy) is 1. The summed E-state index contributed by atoms with van der Waals surface area (Å²) >= 11 is 6.06. The van der Waals surface area contributed by atoms with E-state index in [0.29, 0.717) is 12.4 Å². The van der Waals surface area contributed by atoms with Crippen LogP contribution in [-0.4, -0.2) is 65.2 Å². The molecule has 0 radical (unpaired) electrons. The number of carbonyl (C=O) groups is 1. The second-order valence-electron chi connectivity index (χ2n) is 8.49. The number of carboxylic acid groups (broad SMARTS) is 1. The highest BCUT2D eigenvalue weighted by Crippen LogP contribution is 2.24. The molecule has 178 valence electrons. The Labute approximate surface area is 205 Å². The summed E-state index contributed by atoms with van der Waals surface area (Å²) in [4.78, 5) is 20.9. The Balaban J connectivity index is 1.27. The van der Waals surface area contributed by atoms with Crippen LogP contribution in [0.25, 0.3) is 11.3 Å². The summed E-state index contributed by atoms with van der Waals surface area (Å²) in [5.74, 6) is -0.527. The number of pyridine rings is 1. The largest absolute Gasteiger partial charge is 0.493 e. The van der Waals surface area contributed by atoms with E-state index in [1.807, 2.05) is 36.5 Å². The van der Waals surface area contributed by atoms with Crippen LogP contribution >= 0.6 is 11.6 Å². The van der Waals surface area contributed by atoms with E-state index in [0.717, 1.165) is 68.4 Å². The standard InChI is InChI=1S/C27H30ClN3O3/c28-23-11-9-21(10-12-23)26-22(6-3-13-29-26)20-31-15-4-14-30(17-18-31)16-5-19-34-25-8-2-1-7-24(25)27(32)33/h1-3,6-13H,4-5,14-20H2,(H,32,33). The molecule has 34 heavy (non-hydrogen) atoms. The monoisotopic (exact) mass is 479 g/mol. The van der Waals surface area contributed by atoms with E-state index in [1.165, 1.54) is 5.56 Å². The van der Waals surface area contributed by atoms with Crippen LogP contribution in [0.2, 0.25) is 5.02 Å². The van der Waals surface area contributed by atoms with Crippen molar-refractivity contribution in [2.75, 3.05) is 39.3 Å². The molecule has 0 atom stereocenters. The van der Waals surface area contributed by atoms with E-state index in [-0.39, 0.29) is 5.56 Å². The Bertz CT molecular complexity index is 1090. The lowest BCUT2D eigenvalue weighted by atomic mass is 10.1. The van der Waals surface area contributed by atoms with Gasteiger partial charge in [0.1, 0.15) is 11.3 Å². The highest BCUT2D eigenvalue weighted by molar-refractivity contribution is 6.30. The Morgan fingerprint density at radius 2 is 1.74 bits per heavy atom. The molecule has 1 aromatic heterocycles. The number of carboxylic acids is 1. The van der Waals surface area contributed by atoms with Gasteiger partial charge in [-0.05, 0) is 61.8 Å². The predicted molar refractivity (Wildman–Crippen MR) is 135 cm³/mol. The number of rotatable bonds is 9. The van der Waals surface area contributed by atoms with Gasteiger partial charge in [-0.1, -0.05) is 41.9 Å². The highest BCUT2D eigenvalue weighted by Gasteiger charge is 2.17. The second-order valence-corrected chi connectivity index (χ2v) is 8.93. The minimum Gasteiger partial charge on any atom is -0.493 e. The molecule has 1 aliphatic heterocycles. The van der Waals surface area contributed by atoms with Crippen molar-refractivity contribution in [3.05, 3.63) is 83.0 Å². The van der Waals surface area contributed by atoms with E-state index in [1.54, 1.807) is 24.3 Å². The van der Waals surface area contributed by atoms with Crippen LogP contribution in [-0.2, 0) is 6.54 Å². The molecule has 1 saturated heterocycles. The van der Waals surface area contributed by atoms with Crippen molar-refractivity contribution < 1.29 is 14.6 Å². The molecule has 7 heteroatoms. The Kier molecular flexibility index (Phi) is 8.52. The highest BCUT2D eigenvalue weighted by atomic mass is 35.5. The van der Waals surface area contributed by atoms with Gasteiger partial charge in [0.15, 0.2) is 0 Å². The number of para-hydroxylation sites is 1. The first kappa shape index (κ1) is 24.2. The van der Waals surface area contributed by atoms with Crippen LogP contribution < -0.4 is 4.74 Å². The summed E-state index contributed by atoms with van der Waals surface area (Å²) < 4.78 is 5.75. The topological polar surface area (TPSA) is 65.9 Å². The van der Waals surface area contributed by atoms with Gasteiger partial charge < -0.3 is 14.7 Å². The third-order valence-corrected chi connectivity index (χ3v) is 6.33. The van der Waals surface area contributed by atoms with Gasteiger partial charge in [-0.25, -0.2) is 4.79 Å².